The van der Waals surface area contributed by atoms with Crippen molar-refractivity contribution < 1.29 is 14.3 Å². The standard InChI is InChI=1S/C13H17N3O3/c1-8-9(13(18)19-3)4-5-11(14-8)15-10-6-7-16(2)12(10)17/h4-5,10H,6-7H2,1-3H3,(H,14,15). The van der Waals surface area contributed by atoms with Crippen molar-refractivity contribution in [1.29, 1.82) is 0 Å². The number of carbonyl (C=O) groups is 2. The number of hydrogen-bond acceptors (Lipinski definition) is 5. The molecule has 2 rings (SSSR count). The summed E-state index contributed by atoms with van der Waals surface area (Å²) in [6.45, 7) is 2.48. The molecule has 1 atom stereocenters. The number of rotatable bonds is 3. The zero-order chi connectivity index (χ0) is 14.0. The third-order valence-corrected chi connectivity index (χ3v) is 3.24. The van der Waals surface area contributed by atoms with E-state index in [0.717, 1.165) is 13.0 Å². The van der Waals surface area contributed by atoms with Crippen LogP contribution in [0.3, 0.4) is 0 Å². The molecule has 1 aromatic heterocycles. The summed E-state index contributed by atoms with van der Waals surface area (Å²) in [4.78, 5) is 29.2. The Balaban J connectivity index is 2.13. The molecule has 0 spiro atoms. The zero-order valence-electron chi connectivity index (χ0n) is 11.3. The first-order valence-electron chi connectivity index (χ1n) is 6.10. The molecule has 1 unspecified atom stereocenters. The van der Waals surface area contributed by atoms with E-state index in [9.17, 15) is 9.59 Å². The number of aromatic nitrogens is 1. The Hall–Kier alpha value is -2.11. The van der Waals surface area contributed by atoms with E-state index in [4.69, 9.17) is 0 Å². The SMILES string of the molecule is COC(=O)c1ccc(NC2CCN(C)C2=O)nc1C. The predicted molar refractivity (Wildman–Crippen MR) is 70.0 cm³/mol. The van der Waals surface area contributed by atoms with Gasteiger partial charge in [0, 0.05) is 13.6 Å². The van der Waals surface area contributed by atoms with Gasteiger partial charge in [-0.1, -0.05) is 0 Å². The Kier molecular flexibility index (Phi) is 3.69. The van der Waals surface area contributed by atoms with Crippen LogP contribution in [0.1, 0.15) is 22.5 Å². The normalized spacial score (nSPS) is 18.6. The van der Waals surface area contributed by atoms with Crippen LogP contribution in [-0.2, 0) is 9.53 Å². The molecule has 1 aliphatic heterocycles. The fourth-order valence-corrected chi connectivity index (χ4v) is 2.10. The molecule has 1 N–H and O–H groups in total. The Morgan fingerprint density at radius 3 is 2.79 bits per heavy atom. The van der Waals surface area contributed by atoms with Gasteiger partial charge in [-0.2, -0.15) is 0 Å². The molecule has 1 aromatic rings. The van der Waals surface area contributed by atoms with Crippen molar-refractivity contribution in [2.45, 2.75) is 19.4 Å². The summed E-state index contributed by atoms with van der Waals surface area (Å²) in [7, 11) is 3.12. The Morgan fingerprint density at radius 2 is 2.26 bits per heavy atom. The van der Waals surface area contributed by atoms with E-state index in [1.54, 1.807) is 31.0 Å². The van der Waals surface area contributed by atoms with Crippen molar-refractivity contribution in [2.24, 2.45) is 0 Å². The largest absolute Gasteiger partial charge is 0.465 e. The molecule has 6 heteroatoms. The first-order valence-corrected chi connectivity index (χ1v) is 6.10. The third kappa shape index (κ3) is 2.67. The number of ether oxygens (including phenoxy) is 1. The van der Waals surface area contributed by atoms with Crippen molar-refractivity contribution in [3.8, 4) is 0 Å². The van der Waals surface area contributed by atoms with Crippen LogP contribution in [0.5, 0.6) is 0 Å². The Labute approximate surface area is 111 Å². The van der Waals surface area contributed by atoms with Gasteiger partial charge in [-0.05, 0) is 25.5 Å². The molecular formula is C13H17N3O3. The summed E-state index contributed by atoms with van der Waals surface area (Å²) < 4.78 is 4.66. The topological polar surface area (TPSA) is 71.5 Å². The van der Waals surface area contributed by atoms with Crippen molar-refractivity contribution in [2.75, 3.05) is 26.0 Å². The summed E-state index contributed by atoms with van der Waals surface area (Å²) in [5, 5.41) is 3.09. The van der Waals surface area contributed by atoms with Crippen molar-refractivity contribution in [3.05, 3.63) is 23.4 Å². The molecule has 19 heavy (non-hydrogen) atoms. The van der Waals surface area contributed by atoms with Gasteiger partial charge in [0.05, 0.1) is 18.4 Å². The smallest absolute Gasteiger partial charge is 0.339 e. The van der Waals surface area contributed by atoms with Gasteiger partial charge in [0.15, 0.2) is 0 Å². The van der Waals surface area contributed by atoms with E-state index < -0.39 is 5.97 Å². The number of likely N-dealkylation sites (N-methyl/N-ethyl adjacent to an activating group) is 1. The molecular weight excluding hydrogens is 246 g/mol. The minimum absolute atomic E-state index is 0.0662. The summed E-state index contributed by atoms with van der Waals surface area (Å²) in [6, 6.07) is 3.10. The maximum Gasteiger partial charge on any atom is 0.339 e. The lowest BCUT2D eigenvalue weighted by Crippen LogP contribution is -2.31. The monoisotopic (exact) mass is 263 g/mol. The van der Waals surface area contributed by atoms with Gasteiger partial charge in [-0.3, -0.25) is 4.79 Å². The summed E-state index contributed by atoms with van der Waals surface area (Å²) in [5.41, 5.74) is 1.01. The van der Waals surface area contributed by atoms with Crippen LogP contribution < -0.4 is 5.32 Å². The number of carbonyl (C=O) groups excluding carboxylic acids is 2. The Bertz CT molecular complexity index is 516. The Morgan fingerprint density at radius 1 is 1.53 bits per heavy atom. The van der Waals surface area contributed by atoms with Gasteiger partial charge in [0.2, 0.25) is 5.91 Å². The molecule has 1 fully saturated rings. The van der Waals surface area contributed by atoms with Crippen LogP contribution in [0.15, 0.2) is 12.1 Å². The highest BCUT2D eigenvalue weighted by molar-refractivity contribution is 5.91. The van der Waals surface area contributed by atoms with Crippen LogP contribution in [-0.4, -0.2) is 48.5 Å². The highest BCUT2D eigenvalue weighted by Gasteiger charge is 2.29. The third-order valence-electron chi connectivity index (χ3n) is 3.24. The molecule has 1 aliphatic rings. The molecule has 0 aliphatic carbocycles. The van der Waals surface area contributed by atoms with Crippen LogP contribution in [0.2, 0.25) is 0 Å². The average Bonchev–Trinajstić information content (AvgIpc) is 2.70. The number of likely N-dealkylation sites (tertiary alicyclic amines) is 1. The van der Waals surface area contributed by atoms with Crippen molar-refractivity contribution in [1.82, 2.24) is 9.88 Å². The van der Waals surface area contributed by atoms with Crippen LogP contribution in [0.25, 0.3) is 0 Å². The average molecular weight is 263 g/mol. The van der Waals surface area contributed by atoms with Crippen molar-refractivity contribution in [3.63, 3.8) is 0 Å². The fourth-order valence-electron chi connectivity index (χ4n) is 2.10. The molecule has 2 heterocycles. The van der Waals surface area contributed by atoms with Gasteiger partial charge >= 0.3 is 5.97 Å². The summed E-state index contributed by atoms with van der Waals surface area (Å²) in [5.74, 6) is 0.253. The van der Waals surface area contributed by atoms with Gasteiger partial charge in [-0.25, -0.2) is 9.78 Å². The second kappa shape index (κ2) is 5.26. The summed E-state index contributed by atoms with van der Waals surface area (Å²) >= 11 is 0. The van der Waals surface area contributed by atoms with Crippen LogP contribution in [0.4, 0.5) is 5.82 Å². The number of esters is 1. The van der Waals surface area contributed by atoms with E-state index in [-0.39, 0.29) is 11.9 Å². The van der Waals surface area contributed by atoms with E-state index in [1.807, 2.05) is 0 Å². The molecule has 1 amide bonds. The van der Waals surface area contributed by atoms with Gasteiger partial charge in [-0.15, -0.1) is 0 Å². The number of methoxy groups -OCH3 is 1. The lowest BCUT2D eigenvalue weighted by molar-refractivity contribution is -0.127. The molecule has 1 saturated heterocycles. The molecule has 6 nitrogen and oxygen atoms in total. The van der Waals surface area contributed by atoms with Crippen molar-refractivity contribution >= 4 is 17.7 Å². The predicted octanol–water partition coefficient (Wildman–Crippen LogP) is 0.819. The quantitative estimate of drug-likeness (QED) is 0.817. The minimum Gasteiger partial charge on any atom is -0.465 e. The number of anilines is 1. The molecule has 102 valence electrons. The second-order valence-corrected chi connectivity index (χ2v) is 4.57. The van der Waals surface area contributed by atoms with Crippen LogP contribution in [0, 0.1) is 6.92 Å². The van der Waals surface area contributed by atoms with E-state index in [1.165, 1.54) is 7.11 Å². The highest BCUT2D eigenvalue weighted by Crippen LogP contribution is 2.16. The zero-order valence-corrected chi connectivity index (χ0v) is 11.3. The second-order valence-electron chi connectivity index (χ2n) is 4.57. The first kappa shape index (κ1) is 13.3. The number of aryl methyl sites for hydroxylation is 1. The van der Waals surface area contributed by atoms with Gasteiger partial charge in [0.25, 0.3) is 0 Å². The van der Waals surface area contributed by atoms with E-state index in [2.05, 4.69) is 15.0 Å². The number of pyridine rings is 1. The molecule has 0 radical (unpaired) electrons. The van der Waals surface area contributed by atoms with Crippen LogP contribution >= 0.6 is 0 Å². The number of amides is 1. The lowest BCUT2D eigenvalue weighted by atomic mass is 10.2. The number of nitrogens with one attached hydrogen (secondary N) is 1. The van der Waals surface area contributed by atoms with Gasteiger partial charge in [0.1, 0.15) is 11.9 Å². The maximum atomic E-state index is 11.8. The molecule has 0 saturated carbocycles. The highest BCUT2D eigenvalue weighted by atomic mass is 16.5. The number of nitrogens with zero attached hydrogens (tertiary/aromatic N) is 2. The molecule has 0 bridgehead atoms. The summed E-state index contributed by atoms with van der Waals surface area (Å²) in [6.07, 6.45) is 0.759. The van der Waals surface area contributed by atoms with E-state index >= 15 is 0 Å². The first-order chi connectivity index (χ1) is 9.02. The minimum atomic E-state index is -0.409. The van der Waals surface area contributed by atoms with E-state index in [0.29, 0.717) is 17.1 Å². The molecule has 0 aromatic carbocycles. The maximum absolute atomic E-state index is 11.8. The fraction of sp³-hybridized carbons (Fsp3) is 0.462. The van der Waals surface area contributed by atoms with Gasteiger partial charge < -0.3 is 15.0 Å². The number of hydrogen-bond donors (Lipinski definition) is 1. The lowest BCUT2D eigenvalue weighted by Gasteiger charge is -2.13.